The second-order valence-electron chi connectivity index (χ2n) is 6.62. The maximum atomic E-state index is 12.3. The van der Waals surface area contributed by atoms with Crippen molar-refractivity contribution >= 4 is 17.5 Å². The lowest BCUT2D eigenvalue weighted by Crippen LogP contribution is -2.35. The van der Waals surface area contributed by atoms with Gasteiger partial charge in [-0.15, -0.1) is 0 Å². The molecule has 2 aromatic carbocycles. The minimum Gasteiger partial charge on any atom is -0.481 e. The number of ether oxygens (including phenoxy) is 3. The van der Waals surface area contributed by atoms with Gasteiger partial charge in [0.25, 0.3) is 11.8 Å². The lowest BCUT2D eigenvalue weighted by atomic mass is 10.2. The third-order valence-electron chi connectivity index (χ3n) is 4.44. The van der Waals surface area contributed by atoms with Gasteiger partial charge in [0.2, 0.25) is 6.79 Å². The molecule has 0 unspecified atom stereocenters. The molecule has 1 aromatic heterocycles. The number of fused-ring (bicyclic) bond motifs is 1. The van der Waals surface area contributed by atoms with Crippen LogP contribution in [0.5, 0.6) is 17.2 Å². The molecule has 2 heterocycles. The maximum Gasteiger partial charge on any atom is 0.291 e. The van der Waals surface area contributed by atoms with Gasteiger partial charge in [0, 0.05) is 12.2 Å². The Labute approximate surface area is 172 Å². The molecule has 0 aliphatic carbocycles. The summed E-state index contributed by atoms with van der Waals surface area (Å²) in [6, 6.07) is 15.5. The van der Waals surface area contributed by atoms with Crippen LogP contribution in [0.3, 0.4) is 0 Å². The zero-order chi connectivity index (χ0) is 20.9. The highest BCUT2D eigenvalue weighted by Crippen LogP contribution is 2.32. The van der Waals surface area contributed by atoms with Crippen molar-refractivity contribution in [3.8, 4) is 17.2 Å². The smallest absolute Gasteiger partial charge is 0.291 e. The minimum atomic E-state index is -0.692. The van der Waals surface area contributed by atoms with Crippen LogP contribution in [-0.4, -0.2) is 24.7 Å². The average molecular weight is 408 g/mol. The Morgan fingerprint density at radius 1 is 1.07 bits per heavy atom. The standard InChI is InChI=1S/C22H20N2O6/c1-14(21(25)23-12-15-4-9-18-20(11-15)29-13-28-18)30-17-7-5-16(6-8-17)24-22(26)19-3-2-10-27-19/h2-11,14H,12-13H2,1H3,(H,23,25)(H,24,26)/t14-/m0/s1. The number of benzene rings is 2. The van der Waals surface area contributed by atoms with Gasteiger partial charge in [0.05, 0.1) is 6.26 Å². The van der Waals surface area contributed by atoms with Gasteiger partial charge in [-0.3, -0.25) is 9.59 Å². The van der Waals surface area contributed by atoms with E-state index in [1.807, 2.05) is 18.2 Å². The summed E-state index contributed by atoms with van der Waals surface area (Å²) < 4.78 is 21.3. The number of hydrogen-bond donors (Lipinski definition) is 2. The second-order valence-corrected chi connectivity index (χ2v) is 6.62. The average Bonchev–Trinajstić information content (AvgIpc) is 3.45. The summed E-state index contributed by atoms with van der Waals surface area (Å²) in [5.41, 5.74) is 1.49. The summed E-state index contributed by atoms with van der Waals surface area (Å²) in [7, 11) is 0. The van der Waals surface area contributed by atoms with Crippen LogP contribution < -0.4 is 24.8 Å². The van der Waals surface area contributed by atoms with Crippen LogP contribution in [0.25, 0.3) is 0 Å². The maximum absolute atomic E-state index is 12.3. The van der Waals surface area contributed by atoms with Crippen molar-refractivity contribution in [3.05, 3.63) is 72.2 Å². The minimum absolute atomic E-state index is 0.210. The molecule has 154 valence electrons. The van der Waals surface area contributed by atoms with Crippen molar-refractivity contribution in [3.63, 3.8) is 0 Å². The lowest BCUT2D eigenvalue weighted by Gasteiger charge is -2.15. The third-order valence-corrected chi connectivity index (χ3v) is 4.44. The number of rotatable bonds is 7. The molecule has 0 bridgehead atoms. The molecule has 8 heteroatoms. The summed E-state index contributed by atoms with van der Waals surface area (Å²) in [6.45, 7) is 2.23. The van der Waals surface area contributed by atoms with Gasteiger partial charge >= 0.3 is 0 Å². The molecule has 0 fully saturated rings. The highest BCUT2D eigenvalue weighted by Gasteiger charge is 2.17. The van der Waals surface area contributed by atoms with Crippen LogP contribution in [-0.2, 0) is 11.3 Å². The number of hydrogen-bond acceptors (Lipinski definition) is 6. The molecule has 2 N–H and O–H groups in total. The van der Waals surface area contributed by atoms with Crippen molar-refractivity contribution in [2.75, 3.05) is 12.1 Å². The molecule has 0 radical (unpaired) electrons. The van der Waals surface area contributed by atoms with Gasteiger partial charge in [-0.05, 0) is 61.0 Å². The summed E-state index contributed by atoms with van der Waals surface area (Å²) in [4.78, 5) is 24.3. The van der Waals surface area contributed by atoms with Crippen LogP contribution in [0.15, 0.2) is 65.3 Å². The van der Waals surface area contributed by atoms with Crippen molar-refractivity contribution in [2.45, 2.75) is 19.6 Å². The molecule has 30 heavy (non-hydrogen) atoms. The molecule has 0 spiro atoms. The highest BCUT2D eigenvalue weighted by atomic mass is 16.7. The fourth-order valence-corrected chi connectivity index (χ4v) is 2.86. The van der Waals surface area contributed by atoms with E-state index in [4.69, 9.17) is 18.6 Å². The topological polar surface area (TPSA) is 99.0 Å². The van der Waals surface area contributed by atoms with E-state index < -0.39 is 6.10 Å². The van der Waals surface area contributed by atoms with Gasteiger partial charge in [0.1, 0.15) is 5.75 Å². The largest absolute Gasteiger partial charge is 0.481 e. The Morgan fingerprint density at radius 2 is 1.87 bits per heavy atom. The fourth-order valence-electron chi connectivity index (χ4n) is 2.86. The van der Waals surface area contributed by atoms with Gasteiger partial charge in [-0.25, -0.2) is 0 Å². The number of carbonyl (C=O) groups excluding carboxylic acids is 2. The van der Waals surface area contributed by atoms with Gasteiger partial charge < -0.3 is 29.3 Å². The summed E-state index contributed by atoms with van der Waals surface area (Å²) in [5.74, 6) is 1.52. The van der Waals surface area contributed by atoms with Crippen molar-refractivity contribution < 1.29 is 28.2 Å². The number of amides is 2. The SMILES string of the molecule is C[C@H](Oc1ccc(NC(=O)c2ccco2)cc1)C(=O)NCc1ccc2c(c1)OCO2. The highest BCUT2D eigenvalue weighted by molar-refractivity contribution is 6.02. The lowest BCUT2D eigenvalue weighted by molar-refractivity contribution is -0.127. The normalized spacial score (nSPS) is 12.8. The zero-order valence-electron chi connectivity index (χ0n) is 16.2. The zero-order valence-corrected chi connectivity index (χ0v) is 16.2. The molecular formula is C22H20N2O6. The van der Waals surface area contributed by atoms with E-state index in [1.165, 1.54) is 6.26 Å². The first-order valence-electron chi connectivity index (χ1n) is 9.36. The van der Waals surface area contributed by atoms with E-state index in [1.54, 1.807) is 43.3 Å². The molecule has 4 rings (SSSR count). The number of nitrogens with one attached hydrogen (secondary N) is 2. The molecule has 0 saturated carbocycles. The Balaban J connectivity index is 1.27. The fraction of sp³-hybridized carbons (Fsp3) is 0.182. The second kappa shape index (κ2) is 8.60. The predicted octanol–water partition coefficient (Wildman–Crippen LogP) is 3.34. The summed E-state index contributed by atoms with van der Waals surface area (Å²) in [6.07, 6.45) is 0.743. The van der Waals surface area contributed by atoms with Gasteiger partial charge in [0.15, 0.2) is 23.4 Å². The Morgan fingerprint density at radius 3 is 2.63 bits per heavy atom. The molecule has 1 aliphatic rings. The van der Waals surface area contributed by atoms with Crippen LogP contribution in [0, 0.1) is 0 Å². The molecule has 3 aromatic rings. The molecule has 8 nitrogen and oxygen atoms in total. The van der Waals surface area contributed by atoms with Crippen LogP contribution >= 0.6 is 0 Å². The Kier molecular flexibility index (Phi) is 5.56. The summed E-state index contributed by atoms with van der Waals surface area (Å²) in [5, 5.41) is 5.55. The van der Waals surface area contributed by atoms with Crippen molar-refractivity contribution in [1.82, 2.24) is 5.32 Å². The van der Waals surface area contributed by atoms with E-state index in [2.05, 4.69) is 10.6 Å². The van der Waals surface area contributed by atoms with Gasteiger partial charge in [-0.1, -0.05) is 6.07 Å². The van der Waals surface area contributed by atoms with E-state index in [9.17, 15) is 9.59 Å². The van der Waals surface area contributed by atoms with Crippen LogP contribution in [0.2, 0.25) is 0 Å². The number of carbonyl (C=O) groups is 2. The van der Waals surface area contributed by atoms with Crippen LogP contribution in [0.1, 0.15) is 23.0 Å². The molecular weight excluding hydrogens is 388 g/mol. The third kappa shape index (κ3) is 4.54. The Hall–Kier alpha value is -3.94. The van der Waals surface area contributed by atoms with E-state index in [0.717, 1.165) is 5.56 Å². The van der Waals surface area contributed by atoms with Crippen molar-refractivity contribution in [2.24, 2.45) is 0 Å². The first-order chi connectivity index (χ1) is 14.6. The predicted molar refractivity (Wildman–Crippen MR) is 108 cm³/mol. The number of anilines is 1. The monoisotopic (exact) mass is 408 g/mol. The molecule has 0 saturated heterocycles. The van der Waals surface area contributed by atoms with E-state index in [-0.39, 0.29) is 24.4 Å². The first-order valence-corrected chi connectivity index (χ1v) is 9.36. The molecule has 2 amide bonds. The molecule has 1 aliphatic heterocycles. The van der Waals surface area contributed by atoms with E-state index in [0.29, 0.717) is 29.5 Å². The Bertz CT molecular complexity index is 1030. The van der Waals surface area contributed by atoms with Crippen LogP contribution in [0.4, 0.5) is 5.69 Å². The summed E-state index contributed by atoms with van der Waals surface area (Å²) >= 11 is 0. The van der Waals surface area contributed by atoms with Crippen molar-refractivity contribution in [1.29, 1.82) is 0 Å². The van der Waals surface area contributed by atoms with E-state index >= 15 is 0 Å². The first kappa shape index (κ1) is 19.4. The quantitative estimate of drug-likeness (QED) is 0.622. The number of furan rings is 1. The van der Waals surface area contributed by atoms with Gasteiger partial charge in [-0.2, -0.15) is 0 Å². The molecule has 1 atom stereocenters.